The average molecular weight is 432 g/mol. The number of likely N-dealkylation sites (tertiary alicyclic amines) is 1. The number of benzene rings is 2. The number of para-hydroxylation sites is 1. The number of anilines is 1. The SMILES string of the molecule is Cc1ncc(C(=O)Nc2ccccc2)c([C@@H]2CCCCN2C(=O)Cc2ccccc2F)n1. The van der Waals surface area contributed by atoms with Gasteiger partial charge in [0.25, 0.3) is 5.91 Å². The van der Waals surface area contributed by atoms with Gasteiger partial charge in [-0.2, -0.15) is 0 Å². The molecule has 2 aromatic carbocycles. The number of aromatic nitrogens is 2. The first kappa shape index (κ1) is 21.6. The third kappa shape index (κ3) is 4.82. The van der Waals surface area contributed by atoms with Crippen molar-refractivity contribution in [2.24, 2.45) is 0 Å². The molecule has 1 saturated heterocycles. The Bertz CT molecular complexity index is 1120. The van der Waals surface area contributed by atoms with Crippen LogP contribution in [0.5, 0.6) is 0 Å². The fraction of sp³-hybridized carbons (Fsp3) is 0.280. The zero-order chi connectivity index (χ0) is 22.5. The second kappa shape index (κ2) is 9.68. The molecule has 2 amide bonds. The summed E-state index contributed by atoms with van der Waals surface area (Å²) in [5.41, 5.74) is 1.91. The van der Waals surface area contributed by atoms with E-state index in [-0.39, 0.29) is 24.3 Å². The van der Waals surface area contributed by atoms with Crippen molar-refractivity contribution >= 4 is 17.5 Å². The molecule has 0 saturated carbocycles. The zero-order valence-electron chi connectivity index (χ0n) is 17.9. The number of carbonyl (C=O) groups is 2. The van der Waals surface area contributed by atoms with Gasteiger partial charge in [0.1, 0.15) is 11.6 Å². The normalized spacial score (nSPS) is 15.9. The van der Waals surface area contributed by atoms with Gasteiger partial charge in [-0.25, -0.2) is 14.4 Å². The maximum Gasteiger partial charge on any atom is 0.259 e. The predicted molar refractivity (Wildman–Crippen MR) is 120 cm³/mol. The number of carbonyl (C=O) groups excluding carboxylic acids is 2. The van der Waals surface area contributed by atoms with E-state index in [1.54, 1.807) is 42.2 Å². The van der Waals surface area contributed by atoms with Gasteiger partial charge in [-0.3, -0.25) is 9.59 Å². The van der Waals surface area contributed by atoms with E-state index < -0.39 is 5.82 Å². The molecule has 1 N–H and O–H groups in total. The number of piperidine rings is 1. The van der Waals surface area contributed by atoms with Crippen LogP contribution in [-0.4, -0.2) is 33.2 Å². The van der Waals surface area contributed by atoms with Gasteiger partial charge in [-0.05, 0) is 49.9 Å². The molecule has 0 spiro atoms. The molecule has 0 radical (unpaired) electrons. The first-order valence-electron chi connectivity index (χ1n) is 10.8. The second-order valence-electron chi connectivity index (χ2n) is 7.90. The monoisotopic (exact) mass is 432 g/mol. The lowest BCUT2D eigenvalue weighted by atomic mass is 9.95. The van der Waals surface area contributed by atoms with Crippen molar-refractivity contribution in [3.05, 3.63) is 89.3 Å². The van der Waals surface area contributed by atoms with Crippen LogP contribution in [0, 0.1) is 12.7 Å². The molecule has 0 unspecified atom stereocenters. The summed E-state index contributed by atoms with van der Waals surface area (Å²) >= 11 is 0. The van der Waals surface area contributed by atoms with E-state index in [0.717, 1.165) is 12.8 Å². The van der Waals surface area contributed by atoms with Gasteiger partial charge >= 0.3 is 0 Å². The molecule has 1 aliphatic heterocycles. The minimum absolute atomic E-state index is 0.0290. The van der Waals surface area contributed by atoms with E-state index in [0.29, 0.717) is 41.3 Å². The van der Waals surface area contributed by atoms with Crippen LogP contribution in [0.3, 0.4) is 0 Å². The fourth-order valence-corrected chi connectivity index (χ4v) is 4.06. The summed E-state index contributed by atoms with van der Waals surface area (Å²) in [6, 6.07) is 15.1. The highest BCUT2D eigenvalue weighted by Crippen LogP contribution is 2.32. The summed E-state index contributed by atoms with van der Waals surface area (Å²) in [4.78, 5) is 36.8. The van der Waals surface area contributed by atoms with E-state index >= 15 is 0 Å². The number of nitrogens with one attached hydrogen (secondary N) is 1. The van der Waals surface area contributed by atoms with Crippen molar-refractivity contribution in [1.82, 2.24) is 14.9 Å². The topological polar surface area (TPSA) is 75.2 Å². The van der Waals surface area contributed by atoms with E-state index in [1.807, 2.05) is 18.2 Å². The summed E-state index contributed by atoms with van der Waals surface area (Å²) in [7, 11) is 0. The minimum Gasteiger partial charge on any atom is -0.334 e. The number of hydrogen-bond acceptors (Lipinski definition) is 4. The molecule has 0 aliphatic carbocycles. The van der Waals surface area contributed by atoms with Gasteiger partial charge < -0.3 is 10.2 Å². The van der Waals surface area contributed by atoms with Gasteiger partial charge in [0.2, 0.25) is 5.91 Å². The third-order valence-corrected chi connectivity index (χ3v) is 5.65. The molecule has 6 nitrogen and oxygen atoms in total. The molecular formula is C25H25FN4O2. The molecule has 3 aromatic rings. The summed E-state index contributed by atoms with van der Waals surface area (Å²) in [5.74, 6) is -0.359. The fourth-order valence-electron chi connectivity index (χ4n) is 4.06. The van der Waals surface area contributed by atoms with Crippen molar-refractivity contribution in [3.8, 4) is 0 Å². The van der Waals surface area contributed by atoms with Gasteiger partial charge in [-0.15, -0.1) is 0 Å². The Morgan fingerprint density at radius 3 is 2.62 bits per heavy atom. The maximum absolute atomic E-state index is 14.1. The third-order valence-electron chi connectivity index (χ3n) is 5.65. The highest BCUT2D eigenvalue weighted by molar-refractivity contribution is 6.05. The average Bonchev–Trinajstić information content (AvgIpc) is 2.81. The van der Waals surface area contributed by atoms with Crippen LogP contribution in [0.4, 0.5) is 10.1 Å². The lowest BCUT2D eigenvalue weighted by Crippen LogP contribution is -2.40. The molecule has 7 heteroatoms. The lowest BCUT2D eigenvalue weighted by molar-refractivity contribution is -0.134. The van der Waals surface area contributed by atoms with Crippen LogP contribution >= 0.6 is 0 Å². The molecule has 2 heterocycles. The Balaban J connectivity index is 1.63. The summed E-state index contributed by atoms with van der Waals surface area (Å²) in [6.45, 7) is 2.30. The summed E-state index contributed by atoms with van der Waals surface area (Å²) in [5, 5.41) is 2.88. The standard InChI is InChI=1S/C25H25FN4O2/c1-17-27-16-20(25(32)29-19-10-3-2-4-11-19)24(28-17)22-13-7-8-14-30(22)23(31)15-18-9-5-6-12-21(18)26/h2-6,9-12,16,22H,7-8,13-15H2,1H3,(H,29,32)/t22-/m0/s1. The van der Waals surface area contributed by atoms with E-state index in [1.165, 1.54) is 12.3 Å². The van der Waals surface area contributed by atoms with Gasteiger partial charge in [0.05, 0.1) is 23.7 Å². The summed E-state index contributed by atoms with van der Waals surface area (Å²) in [6.07, 6.45) is 3.94. The zero-order valence-corrected chi connectivity index (χ0v) is 17.9. The van der Waals surface area contributed by atoms with Gasteiger partial charge in [0, 0.05) is 18.4 Å². The van der Waals surface area contributed by atoms with Crippen molar-refractivity contribution in [2.45, 2.75) is 38.6 Å². The molecule has 0 bridgehead atoms. The Morgan fingerprint density at radius 1 is 1.09 bits per heavy atom. The Morgan fingerprint density at radius 2 is 1.84 bits per heavy atom. The molecule has 1 aromatic heterocycles. The highest BCUT2D eigenvalue weighted by atomic mass is 19.1. The van der Waals surface area contributed by atoms with Crippen LogP contribution in [0.2, 0.25) is 0 Å². The van der Waals surface area contributed by atoms with Gasteiger partial charge in [0.15, 0.2) is 0 Å². The number of nitrogens with zero attached hydrogens (tertiary/aromatic N) is 3. The second-order valence-corrected chi connectivity index (χ2v) is 7.90. The lowest BCUT2D eigenvalue weighted by Gasteiger charge is -2.36. The first-order valence-corrected chi connectivity index (χ1v) is 10.8. The van der Waals surface area contributed by atoms with E-state index in [9.17, 15) is 14.0 Å². The van der Waals surface area contributed by atoms with Gasteiger partial charge in [-0.1, -0.05) is 36.4 Å². The molecule has 164 valence electrons. The number of rotatable bonds is 5. The number of aryl methyl sites for hydroxylation is 1. The maximum atomic E-state index is 14.1. The van der Waals surface area contributed by atoms with Crippen LogP contribution < -0.4 is 5.32 Å². The van der Waals surface area contributed by atoms with Crippen LogP contribution in [0.25, 0.3) is 0 Å². The first-order chi connectivity index (χ1) is 15.5. The Kier molecular flexibility index (Phi) is 6.54. The largest absolute Gasteiger partial charge is 0.334 e. The predicted octanol–water partition coefficient (Wildman–Crippen LogP) is 4.47. The van der Waals surface area contributed by atoms with E-state index in [2.05, 4.69) is 15.3 Å². The smallest absolute Gasteiger partial charge is 0.259 e. The quantitative estimate of drug-likeness (QED) is 0.645. The molecule has 1 fully saturated rings. The molecule has 32 heavy (non-hydrogen) atoms. The van der Waals surface area contributed by atoms with E-state index in [4.69, 9.17) is 0 Å². The van der Waals surface area contributed by atoms with Crippen molar-refractivity contribution in [3.63, 3.8) is 0 Å². The molecular weight excluding hydrogens is 407 g/mol. The van der Waals surface area contributed by atoms with Crippen LogP contribution in [-0.2, 0) is 11.2 Å². The molecule has 1 atom stereocenters. The van der Waals surface area contributed by atoms with Crippen molar-refractivity contribution in [2.75, 3.05) is 11.9 Å². The summed E-state index contributed by atoms with van der Waals surface area (Å²) < 4.78 is 14.1. The minimum atomic E-state index is -0.393. The number of amides is 2. The van der Waals surface area contributed by atoms with Crippen LogP contribution in [0.15, 0.2) is 60.8 Å². The van der Waals surface area contributed by atoms with Crippen molar-refractivity contribution in [1.29, 1.82) is 0 Å². The number of hydrogen-bond donors (Lipinski definition) is 1. The Labute approximate surface area is 186 Å². The number of halogens is 1. The molecule has 4 rings (SSSR count). The molecule has 1 aliphatic rings. The van der Waals surface area contributed by atoms with Crippen molar-refractivity contribution < 1.29 is 14.0 Å². The van der Waals surface area contributed by atoms with Crippen LogP contribution in [0.1, 0.15) is 52.7 Å². The Hall–Kier alpha value is -3.61. The highest BCUT2D eigenvalue weighted by Gasteiger charge is 2.32.